The fraction of sp³-hybridized carbons (Fsp3) is 0.0833. The predicted octanol–water partition coefficient (Wildman–Crippen LogP) is 3.70. The van der Waals surface area contributed by atoms with Crippen molar-refractivity contribution in [2.75, 3.05) is 0 Å². The van der Waals surface area contributed by atoms with E-state index in [0.717, 1.165) is 30.3 Å². The molecule has 0 spiro atoms. The quantitative estimate of drug-likeness (QED) is 0.792. The fourth-order valence-corrected chi connectivity index (χ4v) is 1.73. The molecule has 2 aromatic carbocycles. The molecule has 0 saturated carbocycles. The largest absolute Gasteiger partial charge is 0.478 e. The number of carboxylic acids is 1. The molecule has 2 aromatic rings. The maximum absolute atomic E-state index is 13.7. The molecular formula is C12H6F4O2. The summed E-state index contributed by atoms with van der Waals surface area (Å²) in [7, 11) is 0. The van der Waals surface area contributed by atoms with Crippen LogP contribution >= 0.6 is 0 Å². The normalized spacial score (nSPS) is 11.8. The van der Waals surface area contributed by atoms with Gasteiger partial charge in [-0.3, -0.25) is 0 Å². The summed E-state index contributed by atoms with van der Waals surface area (Å²) in [6.45, 7) is 0. The number of benzene rings is 2. The first-order valence-corrected chi connectivity index (χ1v) is 4.84. The molecular weight excluding hydrogens is 252 g/mol. The lowest BCUT2D eigenvalue weighted by Crippen LogP contribution is -2.07. The van der Waals surface area contributed by atoms with E-state index in [9.17, 15) is 22.4 Å². The van der Waals surface area contributed by atoms with Crippen LogP contribution in [0.5, 0.6) is 0 Å². The lowest BCUT2D eigenvalue weighted by Gasteiger charge is -2.11. The molecule has 6 heteroatoms. The molecule has 0 radical (unpaired) electrons. The maximum atomic E-state index is 13.7. The average molecular weight is 258 g/mol. The number of aromatic carboxylic acids is 1. The van der Waals surface area contributed by atoms with Crippen LogP contribution in [0.3, 0.4) is 0 Å². The summed E-state index contributed by atoms with van der Waals surface area (Å²) in [5.41, 5.74) is -1.64. The van der Waals surface area contributed by atoms with E-state index in [2.05, 4.69) is 0 Å². The molecule has 18 heavy (non-hydrogen) atoms. The lowest BCUT2D eigenvalue weighted by atomic mass is 10.0. The molecule has 0 aliphatic carbocycles. The third kappa shape index (κ3) is 1.90. The summed E-state index contributed by atoms with van der Waals surface area (Å²) in [4.78, 5) is 10.7. The van der Waals surface area contributed by atoms with Crippen LogP contribution in [0.2, 0.25) is 0 Å². The summed E-state index contributed by atoms with van der Waals surface area (Å²) in [5.74, 6) is -2.68. The van der Waals surface area contributed by atoms with E-state index in [1.807, 2.05) is 0 Å². The molecule has 0 aromatic heterocycles. The number of halogens is 4. The van der Waals surface area contributed by atoms with Crippen molar-refractivity contribution >= 4 is 16.7 Å². The van der Waals surface area contributed by atoms with Gasteiger partial charge in [0.25, 0.3) is 0 Å². The van der Waals surface area contributed by atoms with Crippen LogP contribution in [-0.4, -0.2) is 11.1 Å². The molecule has 0 heterocycles. The van der Waals surface area contributed by atoms with E-state index < -0.39 is 29.1 Å². The summed E-state index contributed by atoms with van der Waals surface area (Å²) in [6.07, 6.45) is -4.61. The molecule has 0 fully saturated rings. The molecule has 2 rings (SSSR count). The number of carbonyl (C=O) groups is 1. The standard InChI is InChI=1S/C12H6F4O2/c13-10-7-2-1-3-9(12(14,15)16)6(7)4-5-8(10)11(17)18/h1-5H,(H,17,18). The van der Waals surface area contributed by atoms with Crippen molar-refractivity contribution in [1.29, 1.82) is 0 Å². The van der Waals surface area contributed by atoms with Gasteiger partial charge in [-0.2, -0.15) is 13.2 Å². The molecule has 0 saturated heterocycles. The van der Waals surface area contributed by atoms with Gasteiger partial charge in [0.15, 0.2) is 0 Å². The Hall–Kier alpha value is -2.11. The Morgan fingerprint density at radius 3 is 2.28 bits per heavy atom. The topological polar surface area (TPSA) is 37.3 Å². The van der Waals surface area contributed by atoms with Crippen molar-refractivity contribution in [2.45, 2.75) is 6.18 Å². The molecule has 94 valence electrons. The Labute approximate surface area is 98.5 Å². The number of carboxylic acid groups (broad SMARTS) is 1. The van der Waals surface area contributed by atoms with Gasteiger partial charge in [-0.1, -0.05) is 18.2 Å². The number of fused-ring (bicyclic) bond motifs is 1. The van der Waals surface area contributed by atoms with Gasteiger partial charge in [0.1, 0.15) is 5.82 Å². The Kier molecular flexibility index (Phi) is 2.73. The van der Waals surface area contributed by atoms with E-state index in [1.54, 1.807) is 0 Å². The average Bonchev–Trinajstić information content (AvgIpc) is 2.27. The molecule has 0 unspecified atom stereocenters. The molecule has 0 amide bonds. The highest BCUT2D eigenvalue weighted by Crippen LogP contribution is 2.35. The molecule has 0 aliphatic rings. The zero-order valence-electron chi connectivity index (χ0n) is 8.75. The summed E-state index contributed by atoms with van der Waals surface area (Å²) in [5, 5.41) is 7.98. The minimum absolute atomic E-state index is 0.354. The Morgan fingerprint density at radius 2 is 1.72 bits per heavy atom. The summed E-state index contributed by atoms with van der Waals surface area (Å²) < 4.78 is 51.7. The second kappa shape index (κ2) is 3.97. The minimum Gasteiger partial charge on any atom is -0.478 e. The third-order valence-corrected chi connectivity index (χ3v) is 2.53. The zero-order valence-corrected chi connectivity index (χ0v) is 8.75. The van der Waals surface area contributed by atoms with E-state index in [4.69, 9.17) is 5.11 Å². The first-order valence-electron chi connectivity index (χ1n) is 4.84. The van der Waals surface area contributed by atoms with Crippen LogP contribution in [0.25, 0.3) is 10.8 Å². The molecule has 1 N–H and O–H groups in total. The van der Waals surface area contributed by atoms with Crippen LogP contribution in [0, 0.1) is 5.82 Å². The molecule has 0 aliphatic heterocycles. The maximum Gasteiger partial charge on any atom is 0.417 e. The first-order chi connectivity index (χ1) is 8.32. The highest BCUT2D eigenvalue weighted by atomic mass is 19.4. The highest BCUT2D eigenvalue weighted by molar-refractivity contribution is 5.96. The fourth-order valence-electron chi connectivity index (χ4n) is 1.73. The van der Waals surface area contributed by atoms with Gasteiger partial charge in [0, 0.05) is 5.39 Å². The van der Waals surface area contributed by atoms with Gasteiger partial charge >= 0.3 is 12.1 Å². The van der Waals surface area contributed by atoms with Crippen molar-refractivity contribution < 1.29 is 27.5 Å². The van der Waals surface area contributed by atoms with Crippen molar-refractivity contribution in [3.8, 4) is 0 Å². The predicted molar refractivity (Wildman–Crippen MR) is 55.9 cm³/mol. The monoisotopic (exact) mass is 258 g/mol. The van der Waals surface area contributed by atoms with Crippen molar-refractivity contribution in [3.05, 3.63) is 47.3 Å². The number of hydrogen-bond donors (Lipinski definition) is 1. The van der Waals surface area contributed by atoms with Crippen LogP contribution in [0.1, 0.15) is 15.9 Å². The smallest absolute Gasteiger partial charge is 0.417 e. The van der Waals surface area contributed by atoms with Crippen molar-refractivity contribution in [2.24, 2.45) is 0 Å². The van der Waals surface area contributed by atoms with Crippen molar-refractivity contribution in [1.82, 2.24) is 0 Å². The van der Waals surface area contributed by atoms with Gasteiger partial charge in [0.2, 0.25) is 0 Å². The highest BCUT2D eigenvalue weighted by Gasteiger charge is 2.33. The van der Waals surface area contributed by atoms with Gasteiger partial charge in [-0.05, 0) is 17.5 Å². The summed E-state index contributed by atoms with van der Waals surface area (Å²) >= 11 is 0. The van der Waals surface area contributed by atoms with E-state index in [-0.39, 0.29) is 10.8 Å². The third-order valence-electron chi connectivity index (χ3n) is 2.53. The molecule has 0 atom stereocenters. The SMILES string of the molecule is O=C(O)c1ccc2c(C(F)(F)F)cccc2c1F. The second-order valence-corrected chi connectivity index (χ2v) is 3.63. The molecule has 2 nitrogen and oxygen atoms in total. The van der Waals surface area contributed by atoms with Gasteiger partial charge in [0.05, 0.1) is 11.1 Å². The van der Waals surface area contributed by atoms with E-state index >= 15 is 0 Å². The Morgan fingerprint density at radius 1 is 1.06 bits per heavy atom. The van der Waals surface area contributed by atoms with Crippen LogP contribution in [0.4, 0.5) is 17.6 Å². The van der Waals surface area contributed by atoms with Gasteiger partial charge in [-0.25, -0.2) is 9.18 Å². The zero-order chi connectivity index (χ0) is 13.5. The van der Waals surface area contributed by atoms with Crippen LogP contribution < -0.4 is 0 Å². The summed E-state index contributed by atoms with van der Waals surface area (Å²) in [6, 6.07) is 4.77. The van der Waals surface area contributed by atoms with Crippen LogP contribution in [0.15, 0.2) is 30.3 Å². The number of alkyl halides is 3. The lowest BCUT2D eigenvalue weighted by molar-refractivity contribution is -0.136. The van der Waals surface area contributed by atoms with Gasteiger partial charge < -0.3 is 5.11 Å². The molecule has 0 bridgehead atoms. The van der Waals surface area contributed by atoms with Gasteiger partial charge in [-0.15, -0.1) is 0 Å². The van der Waals surface area contributed by atoms with Crippen LogP contribution in [-0.2, 0) is 6.18 Å². The Balaban J connectivity index is 2.83. The van der Waals surface area contributed by atoms with Crippen molar-refractivity contribution in [3.63, 3.8) is 0 Å². The first kappa shape index (κ1) is 12.3. The van der Waals surface area contributed by atoms with E-state index in [0.29, 0.717) is 0 Å². The minimum atomic E-state index is -4.61. The number of hydrogen-bond acceptors (Lipinski definition) is 1. The Bertz CT molecular complexity index is 632. The number of rotatable bonds is 1. The second-order valence-electron chi connectivity index (χ2n) is 3.63. The van der Waals surface area contributed by atoms with E-state index in [1.165, 1.54) is 0 Å².